The van der Waals surface area contributed by atoms with Gasteiger partial charge >= 0.3 is 12.1 Å². The summed E-state index contributed by atoms with van der Waals surface area (Å²) in [5, 5.41) is 0.570. The van der Waals surface area contributed by atoms with Gasteiger partial charge in [0.2, 0.25) is 0 Å². The van der Waals surface area contributed by atoms with Crippen LogP contribution in [0.15, 0.2) is 16.7 Å². The Labute approximate surface area is 154 Å². The number of aromatic nitrogens is 2. The molecule has 0 N–H and O–H groups in total. The van der Waals surface area contributed by atoms with Crippen LogP contribution in [0.25, 0.3) is 11.0 Å². The van der Waals surface area contributed by atoms with Crippen LogP contribution in [0.2, 0.25) is 0 Å². The quantitative estimate of drug-likeness (QED) is 0.553. The van der Waals surface area contributed by atoms with E-state index in [0.29, 0.717) is 22.3 Å². The van der Waals surface area contributed by atoms with E-state index in [4.69, 9.17) is 14.2 Å². The maximum atomic E-state index is 12.6. The monoisotopic (exact) mass is 412 g/mol. The fraction of sp³-hybridized carbons (Fsp3) is 0.471. The zero-order valence-electron chi connectivity index (χ0n) is 14.9. The minimum absolute atomic E-state index is 0.0548. The fourth-order valence-electron chi connectivity index (χ4n) is 2.19. The minimum Gasteiger partial charge on any atom is -0.491 e. The fourth-order valence-corrected chi connectivity index (χ4v) is 2.59. The molecule has 0 radical (unpaired) electrons. The van der Waals surface area contributed by atoms with Gasteiger partial charge in [0.25, 0.3) is 0 Å². The number of rotatable bonds is 4. The summed E-state index contributed by atoms with van der Waals surface area (Å²) in [5.74, 6) is -0.104. The Kier molecular flexibility index (Phi) is 5.72. The van der Waals surface area contributed by atoms with Crippen molar-refractivity contribution in [2.45, 2.75) is 40.2 Å². The molecule has 0 saturated carbocycles. The first-order valence-corrected chi connectivity index (χ1v) is 8.72. The Hall–Kier alpha value is -2.09. The van der Waals surface area contributed by atoms with Gasteiger partial charge < -0.3 is 14.2 Å². The Balaban J connectivity index is 2.65. The molecule has 7 nitrogen and oxygen atoms in total. The molecule has 2 heterocycles. The number of pyridine rings is 1. The van der Waals surface area contributed by atoms with Gasteiger partial charge in [-0.05, 0) is 62.7 Å². The van der Waals surface area contributed by atoms with Crippen molar-refractivity contribution >= 4 is 39.0 Å². The zero-order valence-corrected chi connectivity index (χ0v) is 16.5. The average molecular weight is 413 g/mol. The summed E-state index contributed by atoms with van der Waals surface area (Å²) >= 11 is 3.32. The van der Waals surface area contributed by atoms with Crippen LogP contribution in [0, 0.1) is 0 Å². The van der Waals surface area contributed by atoms with E-state index >= 15 is 0 Å². The van der Waals surface area contributed by atoms with Gasteiger partial charge in [-0.3, -0.25) is 0 Å². The molecule has 0 aliphatic carbocycles. The number of hydrogen-bond acceptors (Lipinski definition) is 6. The normalized spacial score (nSPS) is 11.4. The Morgan fingerprint density at radius 1 is 1.20 bits per heavy atom. The third-order valence-corrected chi connectivity index (χ3v) is 3.63. The van der Waals surface area contributed by atoms with Crippen molar-refractivity contribution in [2.75, 3.05) is 13.2 Å². The Morgan fingerprint density at radius 3 is 2.44 bits per heavy atom. The molecule has 8 heteroatoms. The Morgan fingerprint density at radius 2 is 1.88 bits per heavy atom. The molecule has 0 atom stereocenters. The molecule has 0 bridgehead atoms. The van der Waals surface area contributed by atoms with Crippen molar-refractivity contribution < 1.29 is 23.8 Å². The maximum absolute atomic E-state index is 12.6. The van der Waals surface area contributed by atoms with Crippen molar-refractivity contribution in [3.8, 4) is 5.75 Å². The number of carbonyl (C=O) groups is 2. The van der Waals surface area contributed by atoms with Crippen LogP contribution in [-0.4, -0.2) is 40.4 Å². The van der Waals surface area contributed by atoms with E-state index in [1.807, 2.05) is 6.92 Å². The lowest BCUT2D eigenvalue weighted by Crippen LogP contribution is -2.29. The lowest BCUT2D eigenvalue weighted by molar-refractivity contribution is 0.0453. The number of halogens is 1. The summed E-state index contributed by atoms with van der Waals surface area (Å²) in [6, 6.07) is 3.25. The number of nitrogens with zero attached hydrogens (tertiary/aromatic N) is 2. The van der Waals surface area contributed by atoms with Crippen LogP contribution in [0.5, 0.6) is 5.75 Å². The second kappa shape index (κ2) is 7.43. The molecule has 136 valence electrons. The van der Waals surface area contributed by atoms with Gasteiger partial charge in [-0.1, -0.05) is 0 Å². The van der Waals surface area contributed by atoms with Crippen molar-refractivity contribution in [2.24, 2.45) is 0 Å². The average Bonchev–Trinajstić information content (AvgIpc) is 2.85. The second-order valence-corrected chi connectivity index (χ2v) is 6.94. The molecule has 2 aromatic rings. The molecule has 25 heavy (non-hydrogen) atoms. The number of esters is 1. The highest BCUT2D eigenvalue weighted by atomic mass is 79.9. The molecule has 0 aliphatic rings. The van der Waals surface area contributed by atoms with Gasteiger partial charge in [0.1, 0.15) is 15.9 Å². The van der Waals surface area contributed by atoms with Crippen LogP contribution in [0.1, 0.15) is 45.1 Å². The molecule has 0 spiro atoms. The van der Waals surface area contributed by atoms with Crippen LogP contribution >= 0.6 is 15.9 Å². The van der Waals surface area contributed by atoms with Gasteiger partial charge in [-0.25, -0.2) is 19.1 Å². The summed E-state index contributed by atoms with van der Waals surface area (Å²) in [6.07, 6.45) is -0.700. The molecule has 0 aliphatic heterocycles. The van der Waals surface area contributed by atoms with Crippen molar-refractivity contribution in [3.63, 3.8) is 0 Å². The van der Waals surface area contributed by atoms with E-state index in [1.165, 1.54) is 0 Å². The first-order chi connectivity index (χ1) is 11.7. The summed E-state index contributed by atoms with van der Waals surface area (Å²) in [4.78, 5) is 29.3. The number of hydrogen-bond donors (Lipinski definition) is 0. The molecule has 0 fully saturated rings. The van der Waals surface area contributed by atoms with E-state index in [0.717, 1.165) is 4.57 Å². The van der Waals surface area contributed by atoms with Gasteiger partial charge in [0.05, 0.1) is 13.2 Å². The molecule has 2 aromatic heterocycles. The number of fused-ring (bicyclic) bond motifs is 1. The lowest BCUT2D eigenvalue weighted by atomic mass is 10.2. The highest BCUT2D eigenvalue weighted by Crippen LogP contribution is 2.30. The van der Waals surface area contributed by atoms with Crippen LogP contribution in [0.3, 0.4) is 0 Å². The third kappa shape index (κ3) is 4.31. The molecule has 0 aromatic carbocycles. The highest BCUT2D eigenvalue weighted by Gasteiger charge is 2.27. The predicted molar refractivity (Wildman–Crippen MR) is 96.2 cm³/mol. The predicted octanol–water partition coefficient (Wildman–Crippen LogP) is 4.16. The van der Waals surface area contributed by atoms with Crippen LogP contribution in [0.4, 0.5) is 4.79 Å². The van der Waals surface area contributed by atoms with Gasteiger partial charge in [0.15, 0.2) is 11.4 Å². The van der Waals surface area contributed by atoms with E-state index in [1.54, 1.807) is 39.8 Å². The second-order valence-electron chi connectivity index (χ2n) is 6.19. The summed E-state index contributed by atoms with van der Waals surface area (Å²) in [7, 11) is 0. The summed E-state index contributed by atoms with van der Waals surface area (Å²) < 4.78 is 17.5. The van der Waals surface area contributed by atoms with Gasteiger partial charge in [-0.2, -0.15) is 0 Å². The molecular formula is C17H21BrN2O5. The molecule has 0 unspecified atom stereocenters. The van der Waals surface area contributed by atoms with E-state index in [-0.39, 0.29) is 17.9 Å². The first-order valence-electron chi connectivity index (χ1n) is 7.93. The topological polar surface area (TPSA) is 79.7 Å². The van der Waals surface area contributed by atoms with Crippen molar-refractivity contribution in [3.05, 3.63) is 22.4 Å². The molecular weight excluding hydrogens is 392 g/mol. The summed E-state index contributed by atoms with van der Waals surface area (Å²) in [5.41, 5.74) is -0.381. The van der Waals surface area contributed by atoms with E-state index < -0.39 is 17.7 Å². The number of carbonyl (C=O) groups excluding carboxylic acids is 2. The smallest absolute Gasteiger partial charge is 0.420 e. The molecule has 2 rings (SSSR count). The summed E-state index contributed by atoms with van der Waals surface area (Å²) in [6.45, 7) is 9.44. The SMILES string of the molecule is CCOC(=O)c1cc2cc(OCC)c(Br)nc2n1C(=O)OC(C)(C)C. The maximum Gasteiger partial charge on any atom is 0.420 e. The van der Waals surface area contributed by atoms with E-state index in [9.17, 15) is 9.59 Å². The van der Waals surface area contributed by atoms with E-state index in [2.05, 4.69) is 20.9 Å². The zero-order chi connectivity index (χ0) is 18.8. The third-order valence-electron chi connectivity index (χ3n) is 3.06. The number of ether oxygens (including phenoxy) is 3. The van der Waals surface area contributed by atoms with Gasteiger partial charge in [-0.15, -0.1) is 0 Å². The largest absolute Gasteiger partial charge is 0.491 e. The minimum atomic E-state index is -0.720. The lowest BCUT2D eigenvalue weighted by Gasteiger charge is -2.20. The van der Waals surface area contributed by atoms with Crippen LogP contribution in [-0.2, 0) is 9.47 Å². The standard InChI is InChI=1S/C17H21BrN2O5/c1-6-23-12-9-10-8-11(15(21)24-7-2)20(14(10)19-13(12)18)16(22)25-17(3,4)5/h8-9H,6-7H2,1-5H3. The Bertz CT molecular complexity index is 807. The molecule has 0 saturated heterocycles. The van der Waals surface area contributed by atoms with Crippen molar-refractivity contribution in [1.82, 2.24) is 9.55 Å². The van der Waals surface area contributed by atoms with Crippen LogP contribution < -0.4 is 4.74 Å². The van der Waals surface area contributed by atoms with Crippen molar-refractivity contribution in [1.29, 1.82) is 0 Å². The highest BCUT2D eigenvalue weighted by molar-refractivity contribution is 9.10. The molecule has 0 amide bonds. The van der Waals surface area contributed by atoms with Gasteiger partial charge in [0, 0.05) is 5.39 Å². The first kappa shape index (κ1) is 19.2.